The molecule has 4 nitrogen and oxygen atoms in total. The van der Waals surface area contributed by atoms with Gasteiger partial charge in [0.1, 0.15) is 5.82 Å². The lowest BCUT2D eigenvalue weighted by molar-refractivity contribution is -0.164. The molecule has 150 valence electrons. The summed E-state index contributed by atoms with van der Waals surface area (Å²) >= 11 is 7.88. The first-order valence-corrected chi connectivity index (χ1v) is 9.53. The van der Waals surface area contributed by atoms with E-state index in [-0.39, 0.29) is 11.3 Å². The molecule has 0 bridgehead atoms. The van der Waals surface area contributed by atoms with Crippen molar-refractivity contribution in [1.82, 2.24) is 4.98 Å². The van der Waals surface area contributed by atoms with Crippen LogP contribution in [0.4, 0.5) is 29.1 Å². The minimum atomic E-state index is -4.72. The summed E-state index contributed by atoms with van der Waals surface area (Å²) in [5.41, 5.74) is -0.524. The second-order valence-corrected chi connectivity index (χ2v) is 7.66. The van der Waals surface area contributed by atoms with Gasteiger partial charge in [-0.1, -0.05) is 12.1 Å². The molecule has 0 spiro atoms. The predicted molar refractivity (Wildman–Crippen MR) is 102 cm³/mol. The molecule has 2 heterocycles. The van der Waals surface area contributed by atoms with Crippen LogP contribution in [-0.4, -0.2) is 29.4 Å². The average molecular weight is 481 g/mol. The van der Waals surface area contributed by atoms with Crippen molar-refractivity contribution < 1.29 is 22.4 Å². The predicted octanol–water partition coefficient (Wildman–Crippen LogP) is 5.62. The number of benzene rings is 1. The number of halogens is 6. The Hall–Kier alpha value is -1.87. The summed E-state index contributed by atoms with van der Waals surface area (Å²) in [5, 5.41) is -2.20. The van der Waals surface area contributed by atoms with Gasteiger partial charge in [0, 0.05) is 30.5 Å². The van der Waals surface area contributed by atoms with Gasteiger partial charge in [-0.3, -0.25) is 4.79 Å². The van der Waals surface area contributed by atoms with Crippen LogP contribution in [0.3, 0.4) is 0 Å². The van der Waals surface area contributed by atoms with E-state index in [0.717, 1.165) is 56.0 Å². The van der Waals surface area contributed by atoms with E-state index in [0.29, 0.717) is 4.47 Å². The first-order valence-electron chi connectivity index (χ1n) is 8.36. The third kappa shape index (κ3) is 4.25. The second kappa shape index (κ2) is 7.87. The quantitative estimate of drug-likeness (QED) is 0.446. The number of anilines is 2. The van der Waals surface area contributed by atoms with Gasteiger partial charge in [0.05, 0.1) is 10.0 Å². The largest absolute Gasteiger partial charge is 0.388 e. The molecule has 1 aliphatic rings. The molecule has 1 amide bonds. The van der Waals surface area contributed by atoms with Crippen molar-refractivity contribution in [2.75, 3.05) is 23.3 Å². The van der Waals surface area contributed by atoms with E-state index in [4.69, 9.17) is 0 Å². The Morgan fingerprint density at radius 1 is 1.14 bits per heavy atom. The van der Waals surface area contributed by atoms with E-state index in [9.17, 15) is 22.4 Å². The highest BCUT2D eigenvalue weighted by Crippen LogP contribution is 2.45. The van der Waals surface area contributed by atoms with Crippen molar-refractivity contribution >= 4 is 44.9 Å². The molecule has 1 aromatic heterocycles. The van der Waals surface area contributed by atoms with Gasteiger partial charge in [-0.25, -0.2) is 4.98 Å². The van der Waals surface area contributed by atoms with Crippen LogP contribution < -0.4 is 10.2 Å². The Kier molecular flexibility index (Phi) is 5.86. The van der Waals surface area contributed by atoms with Crippen LogP contribution in [0, 0.1) is 0 Å². The number of hydrogen-bond donors (Lipinski definition) is 1. The highest BCUT2D eigenvalue weighted by molar-refractivity contribution is 9.10. The highest BCUT2D eigenvalue weighted by atomic mass is 79.9. The molecule has 1 N–H and O–H groups in total. The maximum atomic E-state index is 13.5. The minimum absolute atomic E-state index is 0.169. The zero-order valence-corrected chi connectivity index (χ0v) is 16.7. The van der Waals surface area contributed by atoms with Gasteiger partial charge in [-0.05, 0) is 58.6 Å². The number of nitrogens with zero attached hydrogens (tertiary/aromatic N) is 2. The molecule has 1 saturated heterocycles. The summed E-state index contributed by atoms with van der Waals surface area (Å²) < 4.78 is 53.4. The second-order valence-electron chi connectivity index (χ2n) is 6.33. The molecular formula is C18H15BrClF4N3O. The Morgan fingerprint density at radius 3 is 2.29 bits per heavy atom. The highest BCUT2D eigenvalue weighted by Gasteiger charge is 2.56. The van der Waals surface area contributed by atoms with Crippen LogP contribution in [-0.2, 0) is 5.92 Å². The van der Waals surface area contributed by atoms with E-state index in [1.54, 1.807) is 6.07 Å². The molecule has 0 unspecified atom stereocenters. The van der Waals surface area contributed by atoms with E-state index in [2.05, 4.69) is 42.7 Å². The smallest absolute Gasteiger partial charge is 0.356 e. The number of aromatic nitrogens is 1. The lowest BCUT2D eigenvalue weighted by Gasteiger charge is -2.21. The van der Waals surface area contributed by atoms with Crippen LogP contribution in [0.25, 0.3) is 0 Å². The van der Waals surface area contributed by atoms with E-state index >= 15 is 0 Å². The topological polar surface area (TPSA) is 45.2 Å². The molecule has 10 heteroatoms. The number of nitrogens with one attached hydrogen (secondary N) is 1. The van der Waals surface area contributed by atoms with E-state index in [1.807, 2.05) is 0 Å². The lowest BCUT2D eigenvalue weighted by atomic mass is 10.1. The molecule has 0 aliphatic carbocycles. The van der Waals surface area contributed by atoms with Crippen molar-refractivity contribution in [3.05, 3.63) is 52.1 Å². The Bertz CT molecular complexity index is 868. The van der Waals surface area contributed by atoms with Crippen molar-refractivity contribution in [3.8, 4) is 0 Å². The molecule has 3 rings (SSSR count). The van der Waals surface area contributed by atoms with Gasteiger partial charge < -0.3 is 10.2 Å². The summed E-state index contributed by atoms with van der Waals surface area (Å²) in [6.07, 6.45) is 3.59. The van der Waals surface area contributed by atoms with E-state index in [1.165, 1.54) is 6.20 Å². The molecule has 1 fully saturated rings. The fourth-order valence-corrected chi connectivity index (χ4v) is 3.56. The van der Waals surface area contributed by atoms with E-state index < -0.39 is 22.8 Å². The summed E-state index contributed by atoms with van der Waals surface area (Å²) in [7, 11) is 0. The number of rotatable bonds is 5. The van der Waals surface area contributed by atoms with Crippen molar-refractivity contribution in [2.45, 2.75) is 24.1 Å². The van der Waals surface area contributed by atoms with Gasteiger partial charge in [0.15, 0.2) is 0 Å². The molecule has 1 aromatic carbocycles. The zero-order chi connectivity index (χ0) is 20.5. The lowest BCUT2D eigenvalue weighted by Crippen LogP contribution is -2.32. The third-order valence-electron chi connectivity index (χ3n) is 4.35. The third-order valence-corrected chi connectivity index (χ3v) is 5.17. The minimum Gasteiger partial charge on any atom is -0.356 e. The van der Waals surface area contributed by atoms with Gasteiger partial charge in [-0.2, -0.15) is 17.6 Å². The Balaban J connectivity index is 1.72. The summed E-state index contributed by atoms with van der Waals surface area (Å²) in [6, 6.07) is 5.40. The van der Waals surface area contributed by atoms with Crippen LogP contribution in [0.15, 0.2) is 41.0 Å². The molecular weight excluding hydrogens is 466 g/mol. The van der Waals surface area contributed by atoms with Crippen molar-refractivity contribution in [1.29, 1.82) is 0 Å². The molecule has 28 heavy (non-hydrogen) atoms. The number of carbonyl (C=O) groups excluding carboxylic acids is 1. The molecule has 0 atom stereocenters. The monoisotopic (exact) mass is 479 g/mol. The maximum absolute atomic E-state index is 13.5. The van der Waals surface area contributed by atoms with Gasteiger partial charge >= 0.3 is 11.3 Å². The number of hydrogen-bond acceptors (Lipinski definition) is 3. The molecule has 1 aliphatic heterocycles. The summed E-state index contributed by atoms with van der Waals surface area (Å²) in [4.78, 5) is 18.8. The first kappa shape index (κ1) is 20.9. The first-order chi connectivity index (χ1) is 13.1. The Morgan fingerprint density at radius 2 is 1.75 bits per heavy atom. The summed E-state index contributed by atoms with van der Waals surface area (Å²) in [5.74, 6) is -4.29. The van der Waals surface area contributed by atoms with Crippen LogP contribution in [0.1, 0.15) is 28.8 Å². The number of amides is 1. The van der Waals surface area contributed by atoms with Crippen LogP contribution in [0.2, 0.25) is 0 Å². The standard InChI is InChI=1S/C18H15BrClF4N3O/c19-14-9-11(10-25-15(14)27-7-1-2-8-27)16(28)26-13-5-3-12(4-6-13)17(21,22)18(20,23)24/h3-6,9-10H,1-2,7-8H2,(H,26,28). The molecule has 2 aromatic rings. The van der Waals surface area contributed by atoms with Crippen molar-refractivity contribution in [2.24, 2.45) is 0 Å². The fraction of sp³-hybridized carbons (Fsp3) is 0.333. The number of alkyl halides is 5. The Labute approximate surface area is 172 Å². The molecule has 0 radical (unpaired) electrons. The zero-order valence-electron chi connectivity index (χ0n) is 14.4. The number of pyridine rings is 1. The van der Waals surface area contributed by atoms with Gasteiger partial charge in [0.25, 0.3) is 5.91 Å². The maximum Gasteiger partial charge on any atom is 0.388 e. The fourth-order valence-electron chi connectivity index (χ4n) is 2.85. The average Bonchev–Trinajstić information content (AvgIpc) is 3.15. The summed E-state index contributed by atoms with van der Waals surface area (Å²) in [6.45, 7) is 1.80. The number of carbonyl (C=O) groups is 1. The van der Waals surface area contributed by atoms with Gasteiger partial charge in [0.2, 0.25) is 0 Å². The normalized spacial score (nSPS) is 15.0. The SMILES string of the molecule is O=C(Nc1ccc(C(F)(F)C(F)(F)Cl)cc1)c1cnc(N2CCCC2)c(Br)c1. The van der Waals surface area contributed by atoms with Crippen molar-refractivity contribution in [3.63, 3.8) is 0 Å². The van der Waals surface area contributed by atoms with Crippen LogP contribution >= 0.6 is 27.5 Å². The van der Waals surface area contributed by atoms with Gasteiger partial charge in [-0.15, -0.1) is 0 Å². The molecule has 0 saturated carbocycles. The van der Waals surface area contributed by atoms with Crippen LogP contribution in [0.5, 0.6) is 0 Å².